The van der Waals surface area contributed by atoms with Crippen LogP contribution in [0.1, 0.15) is 41.0 Å². The molecule has 0 heterocycles. The molecule has 17 heavy (non-hydrogen) atoms. The number of carbonyl (C=O) groups is 1. The van der Waals surface area contributed by atoms with Crippen LogP contribution in [-0.2, 0) is 4.79 Å². The monoisotopic (exact) mass is 243 g/mol. The molecule has 0 saturated heterocycles. The standard InChI is InChI=1S/C13H29N3O/c1-7-15-13(5,12(14)17)8-9-16(6)11(4)10(2)3/h10-11,15H,7-9H2,1-6H3,(H2,14,17). The van der Waals surface area contributed by atoms with E-state index in [9.17, 15) is 4.79 Å². The smallest absolute Gasteiger partial charge is 0.237 e. The van der Waals surface area contributed by atoms with E-state index >= 15 is 0 Å². The van der Waals surface area contributed by atoms with Crippen LogP contribution in [-0.4, -0.2) is 42.5 Å². The van der Waals surface area contributed by atoms with Crippen molar-refractivity contribution in [3.8, 4) is 0 Å². The molecule has 3 N–H and O–H groups in total. The lowest BCUT2D eigenvalue weighted by Crippen LogP contribution is -2.54. The first-order valence-electron chi connectivity index (χ1n) is 6.49. The van der Waals surface area contributed by atoms with Crippen molar-refractivity contribution in [1.82, 2.24) is 10.2 Å². The Bertz CT molecular complexity index is 243. The zero-order chi connectivity index (χ0) is 13.6. The zero-order valence-corrected chi connectivity index (χ0v) is 12.2. The van der Waals surface area contributed by atoms with Gasteiger partial charge in [0.1, 0.15) is 0 Å². The second kappa shape index (κ2) is 6.97. The molecule has 0 spiro atoms. The molecule has 0 radical (unpaired) electrons. The van der Waals surface area contributed by atoms with E-state index in [4.69, 9.17) is 5.73 Å². The van der Waals surface area contributed by atoms with E-state index in [1.54, 1.807) is 0 Å². The molecule has 0 rings (SSSR count). The molecule has 0 aromatic carbocycles. The van der Waals surface area contributed by atoms with Crippen LogP contribution in [0.15, 0.2) is 0 Å². The summed E-state index contributed by atoms with van der Waals surface area (Å²) in [6.45, 7) is 12.1. The lowest BCUT2D eigenvalue weighted by molar-refractivity contribution is -0.124. The Labute approximate surface area is 106 Å². The first kappa shape index (κ1) is 16.4. The van der Waals surface area contributed by atoms with Gasteiger partial charge in [-0.3, -0.25) is 4.79 Å². The van der Waals surface area contributed by atoms with E-state index < -0.39 is 5.54 Å². The van der Waals surface area contributed by atoms with Crippen molar-refractivity contribution in [1.29, 1.82) is 0 Å². The average Bonchev–Trinajstić information content (AvgIpc) is 2.24. The maximum absolute atomic E-state index is 11.5. The fourth-order valence-corrected chi connectivity index (χ4v) is 1.80. The number of rotatable bonds is 8. The van der Waals surface area contributed by atoms with E-state index in [-0.39, 0.29) is 5.91 Å². The Morgan fingerprint density at radius 1 is 1.41 bits per heavy atom. The molecule has 0 aliphatic carbocycles. The second-order valence-corrected chi connectivity index (χ2v) is 5.44. The maximum atomic E-state index is 11.5. The molecule has 4 nitrogen and oxygen atoms in total. The minimum atomic E-state index is -0.598. The van der Waals surface area contributed by atoms with Gasteiger partial charge in [-0.15, -0.1) is 0 Å². The fraction of sp³-hybridized carbons (Fsp3) is 0.923. The number of nitrogens with two attached hydrogens (primary N) is 1. The van der Waals surface area contributed by atoms with Crippen LogP contribution in [0, 0.1) is 5.92 Å². The summed E-state index contributed by atoms with van der Waals surface area (Å²) in [6, 6.07) is 0.508. The number of nitrogens with zero attached hydrogens (tertiary/aromatic N) is 1. The van der Waals surface area contributed by atoms with Crippen molar-refractivity contribution in [3.63, 3.8) is 0 Å². The topological polar surface area (TPSA) is 58.4 Å². The van der Waals surface area contributed by atoms with E-state index in [2.05, 4.69) is 38.0 Å². The molecule has 2 atom stereocenters. The SMILES string of the molecule is CCNC(C)(CCN(C)C(C)C(C)C)C(N)=O. The lowest BCUT2D eigenvalue weighted by atomic mass is 9.95. The van der Waals surface area contributed by atoms with Crippen LogP contribution in [0.2, 0.25) is 0 Å². The van der Waals surface area contributed by atoms with Crippen molar-refractivity contribution in [3.05, 3.63) is 0 Å². The third-order valence-electron chi connectivity index (χ3n) is 3.74. The van der Waals surface area contributed by atoms with Crippen molar-refractivity contribution in [2.75, 3.05) is 20.1 Å². The molecular weight excluding hydrogens is 214 g/mol. The van der Waals surface area contributed by atoms with Crippen LogP contribution in [0.3, 0.4) is 0 Å². The van der Waals surface area contributed by atoms with Gasteiger partial charge in [0, 0.05) is 12.6 Å². The third-order valence-corrected chi connectivity index (χ3v) is 3.74. The van der Waals surface area contributed by atoms with Crippen LogP contribution >= 0.6 is 0 Å². The summed E-state index contributed by atoms with van der Waals surface area (Å²) >= 11 is 0. The van der Waals surface area contributed by atoms with Gasteiger partial charge < -0.3 is 16.0 Å². The van der Waals surface area contributed by atoms with Gasteiger partial charge in [0.05, 0.1) is 5.54 Å². The van der Waals surface area contributed by atoms with Crippen LogP contribution in [0.5, 0.6) is 0 Å². The van der Waals surface area contributed by atoms with Crippen molar-refractivity contribution in [2.24, 2.45) is 11.7 Å². The third kappa shape index (κ3) is 5.04. The summed E-state index contributed by atoms with van der Waals surface area (Å²) in [7, 11) is 2.10. The van der Waals surface area contributed by atoms with Gasteiger partial charge >= 0.3 is 0 Å². The quantitative estimate of drug-likeness (QED) is 0.673. The minimum Gasteiger partial charge on any atom is -0.368 e. The Balaban J connectivity index is 4.36. The molecule has 1 amide bonds. The molecule has 0 aliphatic heterocycles. The molecule has 0 aromatic heterocycles. The molecule has 2 unspecified atom stereocenters. The summed E-state index contributed by atoms with van der Waals surface area (Å²) < 4.78 is 0. The van der Waals surface area contributed by atoms with E-state index in [1.165, 1.54) is 0 Å². The summed E-state index contributed by atoms with van der Waals surface area (Å²) in [6.07, 6.45) is 0.740. The molecular formula is C13H29N3O. The highest BCUT2D eigenvalue weighted by molar-refractivity contribution is 5.84. The van der Waals surface area contributed by atoms with Gasteiger partial charge in [-0.1, -0.05) is 20.8 Å². The first-order chi connectivity index (χ1) is 7.74. The molecule has 0 fully saturated rings. The largest absolute Gasteiger partial charge is 0.368 e. The van der Waals surface area contributed by atoms with Gasteiger partial charge in [0.15, 0.2) is 0 Å². The second-order valence-electron chi connectivity index (χ2n) is 5.44. The highest BCUT2D eigenvalue weighted by Crippen LogP contribution is 2.13. The molecule has 0 bridgehead atoms. The summed E-state index contributed by atoms with van der Waals surface area (Å²) in [5.41, 5.74) is 4.86. The minimum absolute atomic E-state index is 0.273. The Morgan fingerprint density at radius 2 is 1.94 bits per heavy atom. The Kier molecular flexibility index (Phi) is 6.72. The van der Waals surface area contributed by atoms with Gasteiger partial charge in [-0.2, -0.15) is 0 Å². The van der Waals surface area contributed by atoms with E-state index in [0.717, 1.165) is 19.5 Å². The van der Waals surface area contributed by atoms with E-state index in [0.29, 0.717) is 12.0 Å². The van der Waals surface area contributed by atoms with E-state index in [1.807, 2.05) is 13.8 Å². The summed E-state index contributed by atoms with van der Waals surface area (Å²) in [5.74, 6) is 0.337. The van der Waals surface area contributed by atoms with Gasteiger partial charge in [0.25, 0.3) is 0 Å². The summed E-state index contributed by atoms with van der Waals surface area (Å²) in [4.78, 5) is 13.7. The van der Waals surface area contributed by atoms with Crippen molar-refractivity contribution < 1.29 is 4.79 Å². The number of primary amides is 1. The van der Waals surface area contributed by atoms with Crippen LogP contribution in [0.4, 0.5) is 0 Å². The van der Waals surface area contributed by atoms with Crippen LogP contribution in [0.25, 0.3) is 0 Å². The fourth-order valence-electron chi connectivity index (χ4n) is 1.80. The number of hydrogen-bond donors (Lipinski definition) is 2. The number of nitrogens with one attached hydrogen (secondary N) is 1. The molecule has 4 heteroatoms. The van der Waals surface area contributed by atoms with Gasteiger partial charge in [-0.05, 0) is 39.8 Å². The zero-order valence-electron chi connectivity index (χ0n) is 12.2. The predicted octanol–water partition coefficient (Wildman–Crippen LogP) is 1.21. The first-order valence-corrected chi connectivity index (χ1v) is 6.49. The Hall–Kier alpha value is -0.610. The predicted molar refractivity (Wildman–Crippen MR) is 72.8 cm³/mol. The highest BCUT2D eigenvalue weighted by Gasteiger charge is 2.30. The van der Waals surface area contributed by atoms with Crippen molar-refractivity contribution in [2.45, 2.75) is 52.6 Å². The number of amides is 1. The average molecular weight is 243 g/mol. The molecule has 0 aliphatic rings. The molecule has 0 aromatic rings. The lowest BCUT2D eigenvalue weighted by Gasteiger charge is -2.33. The number of hydrogen-bond acceptors (Lipinski definition) is 3. The van der Waals surface area contributed by atoms with Crippen molar-refractivity contribution >= 4 is 5.91 Å². The Morgan fingerprint density at radius 3 is 2.29 bits per heavy atom. The summed E-state index contributed by atoms with van der Waals surface area (Å²) in [5, 5.41) is 3.18. The van der Waals surface area contributed by atoms with Crippen LogP contribution < -0.4 is 11.1 Å². The number of likely N-dealkylation sites (N-methyl/N-ethyl adjacent to an activating group) is 1. The molecule has 0 saturated carbocycles. The van der Waals surface area contributed by atoms with Gasteiger partial charge in [-0.25, -0.2) is 0 Å². The molecule has 102 valence electrons. The maximum Gasteiger partial charge on any atom is 0.237 e. The highest BCUT2D eigenvalue weighted by atomic mass is 16.1. The van der Waals surface area contributed by atoms with Gasteiger partial charge in [0.2, 0.25) is 5.91 Å². The number of carbonyl (C=O) groups excluding carboxylic acids is 1. The normalized spacial score (nSPS) is 17.2.